The minimum atomic E-state index is -0.883. The Hall–Kier alpha value is -1.98. The van der Waals surface area contributed by atoms with Crippen molar-refractivity contribution >= 4 is 12.0 Å². The van der Waals surface area contributed by atoms with E-state index in [1.807, 2.05) is 13.0 Å². The number of amides is 2. The first kappa shape index (κ1) is 14.4. The lowest BCUT2D eigenvalue weighted by molar-refractivity contribution is -0.137. The first-order chi connectivity index (χ1) is 9.54. The van der Waals surface area contributed by atoms with Crippen LogP contribution in [0.5, 0.6) is 0 Å². The van der Waals surface area contributed by atoms with Crippen molar-refractivity contribution in [1.82, 2.24) is 10.6 Å². The summed E-state index contributed by atoms with van der Waals surface area (Å²) in [6.07, 6.45) is 4.15. The Kier molecular flexibility index (Phi) is 4.65. The van der Waals surface area contributed by atoms with Gasteiger partial charge in [-0.1, -0.05) is 0 Å². The standard InChI is InChI=1S/C14H20N2O4/c1-9(7-11-3-2-6-20-11)15-14(19)16-12(8-13(17)18)10-4-5-10/h2-3,6,9-10,12H,4-5,7-8H2,1H3,(H,17,18)(H2,15,16,19). The summed E-state index contributed by atoms with van der Waals surface area (Å²) in [6.45, 7) is 1.88. The SMILES string of the molecule is CC(Cc1ccco1)NC(=O)NC(CC(=O)O)C1CC1. The van der Waals surface area contributed by atoms with Crippen LogP contribution in [0.4, 0.5) is 4.79 Å². The third-order valence-electron chi connectivity index (χ3n) is 3.37. The largest absolute Gasteiger partial charge is 0.481 e. The lowest BCUT2D eigenvalue weighted by atomic mass is 10.1. The van der Waals surface area contributed by atoms with Crippen LogP contribution >= 0.6 is 0 Å². The molecule has 0 radical (unpaired) electrons. The molecule has 3 N–H and O–H groups in total. The highest BCUT2D eigenvalue weighted by atomic mass is 16.4. The average molecular weight is 280 g/mol. The van der Waals surface area contributed by atoms with Gasteiger partial charge in [0.15, 0.2) is 0 Å². The molecule has 1 aromatic heterocycles. The maximum atomic E-state index is 11.9. The highest BCUT2D eigenvalue weighted by Crippen LogP contribution is 2.33. The zero-order valence-corrected chi connectivity index (χ0v) is 11.5. The lowest BCUT2D eigenvalue weighted by Crippen LogP contribution is -2.47. The van der Waals surface area contributed by atoms with Crippen LogP contribution in [0.25, 0.3) is 0 Å². The minimum absolute atomic E-state index is 0.0232. The molecule has 2 unspecified atom stereocenters. The Morgan fingerprint density at radius 2 is 2.20 bits per heavy atom. The van der Waals surface area contributed by atoms with Gasteiger partial charge in [-0.05, 0) is 37.8 Å². The fraction of sp³-hybridized carbons (Fsp3) is 0.571. The second-order valence-corrected chi connectivity index (χ2v) is 5.34. The zero-order chi connectivity index (χ0) is 14.5. The van der Waals surface area contributed by atoms with Crippen molar-refractivity contribution in [3.8, 4) is 0 Å². The molecule has 2 amide bonds. The number of hydrogen-bond acceptors (Lipinski definition) is 3. The average Bonchev–Trinajstić information content (AvgIpc) is 3.07. The molecule has 110 valence electrons. The van der Waals surface area contributed by atoms with Crippen LogP contribution < -0.4 is 10.6 Å². The Bertz CT molecular complexity index is 454. The molecule has 2 atom stereocenters. The second kappa shape index (κ2) is 6.45. The lowest BCUT2D eigenvalue weighted by Gasteiger charge is -2.19. The summed E-state index contributed by atoms with van der Waals surface area (Å²) >= 11 is 0. The van der Waals surface area contributed by atoms with Gasteiger partial charge in [0.05, 0.1) is 12.7 Å². The van der Waals surface area contributed by atoms with Gasteiger partial charge in [-0.25, -0.2) is 4.79 Å². The highest BCUT2D eigenvalue weighted by molar-refractivity contribution is 5.76. The summed E-state index contributed by atoms with van der Waals surface area (Å²) in [7, 11) is 0. The number of hydrogen-bond donors (Lipinski definition) is 3. The maximum Gasteiger partial charge on any atom is 0.315 e. The van der Waals surface area contributed by atoms with Crippen molar-refractivity contribution in [1.29, 1.82) is 0 Å². The molecule has 6 heteroatoms. The molecule has 20 heavy (non-hydrogen) atoms. The molecule has 6 nitrogen and oxygen atoms in total. The minimum Gasteiger partial charge on any atom is -0.481 e. The highest BCUT2D eigenvalue weighted by Gasteiger charge is 2.33. The summed E-state index contributed by atoms with van der Waals surface area (Å²) in [5.74, 6) is 0.227. The van der Waals surface area contributed by atoms with E-state index in [2.05, 4.69) is 10.6 Å². The van der Waals surface area contributed by atoms with Crippen molar-refractivity contribution < 1.29 is 19.1 Å². The molecule has 1 aliphatic rings. The van der Waals surface area contributed by atoms with Crippen LogP contribution in [0.15, 0.2) is 22.8 Å². The number of urea groups is 1. The summed E-state index contributed by atoms with van der Waals surface area (Å²) in [6, 6.07) is 2.99. The van der Waals surface area contributed by atoms with Gasteiger partial charge >= 0.3 is 12.0 Å². The van der Waals surface area contributed by atoms with E-state index in [1.165, 1.54) is 0 Å². The van der Waals surface area contributed by atoms with Crippen molar-refractivity contribution in [3.63, 3.8) is 0 Å². The van der Waals surface area contributed by atoms with E-state index >= 15 is 0 Å². The van der Waals surface area contributed by atoms with E-state index in [0.717, 1.165) is 18.6 Å². The molecule has 0 aliphatic heterocycles. The van der Waals surface area contributed by atoms with Crippen LogP contribution in [0.3, 0.4) is 0 Å². The summed E-state index contributed by atoms with van der Waals surface area (Å²) in [5, 5.41) is 14.4. The fourth-order valence-corrected chi connectivity index (χ4v) is 2.24. The predicted octanol–water partition coefficient (Wildman–Crippen LogP) is 1.76. The van der Waals surface area contributed by atoms with Crippen LogP contribution in [0.2, 0.25) is 0 Å². The Labute approximate surface area is 117 Å². The number of carboxylic acid groups (broad SMARTS) is 1. The smallest absolute Gasteiger partial charge is 0.315 e. The van der Waals surface area contributed by atoms with Crippen LogP contribution in [0.1, 0.15) is 31.9 Å². The number of carboxylic acids is 1. The quantitative estimate of drug-likeness (QED) is 0.709. The molecular weight excluding hydrogens is 260 g/mol. The van der Waals surface area contributed by atoms with E-state index < -0.39 is 5.97 Å². The summed E-state index contributed by atoms with van der Waals surface area (Å²) in [5.41, 5.74) is 0. The van der Waals surface area contributed by atoms with E-state index in [0.29, 0.717) is 12.3 Å². The molecule has 1 aromatic rings. The summed E-state index contributed by atoms with van der Waals surface area (Å²) < 4.78 is 5.22. The summed E-state index contributed by atoms with van der Waals surface area (Å²) in [4.78, 5) is 22.6. The van der Waals surface area contributed by atoms with Gasteiger partial charge in [0, 0.05) is 18.5 Å². The van der Waals surface area contributed by atoms with Gasteiger partial charge in [0.2, 0.25) is 0 Å². The van der Waals surface area contributed by atoms with E-state index in [4.69, 9.17) is 9.52 Å². The molecular formula is C14H20N2O4. The van der Waals surface area contributed by atoms with Crippen molar-refractivity contribution in [2.75, 3.05) is 0 Å². The monoisotopic (exact) mass is 280 g/mol. The molecule has 0 spiro atoms. The normalized spacial score (nSPS) is 17.2. The number of nitrogens with one attached hydrogen (secondary N) is 2. The molecule has 0 saturated heterocycles. The van der Waals surface area contributed by atoms with Gasteiger partial charge in [0.25, 0.3) is 0 Å². The van der Waals surface area contributed by atoms with Crippen molar-refractivity contribution in [3.05, 3.63) is 24.2 Å². The van der Waals surface area contributed by atoms with Crippen LogP contribution in [-0.4, -0.2) is 29.2 Å². The Morgan fingerprint density at radius 3 is 2.75 bits per heavy atom. The molecule has 1 heterocycles. The van der Waals surface area contributed by atoms with Gasteiger partial charge in [-0.2, -0.15) is 0 Å². The molecule has 0 bridgehead atoms. The molecule has 0 aromatic carbocycles. The van der Waals surface area contributed by atoms with Crippen LogP contribution in [0, 0.1) is 5.92 Å². The zero-order valence-electron chi connectivity index (χ0n) is 11.5. The topological polar surface area (TPSA) is 91.6 Å². The molecule has 1 saturated carbocycles. The van der Waals surface area contributed by atoms with E-state index in [9.17, 15) is 9.59 Å². The first-order valence-corrected chi connectivity index (χ1v) is 6.86. The van der Waals surface area contributed by atoms with Gasteiger partial charge in [-0.3, -0.25) is 4.79 Å². The number of aliphatic carboxylic acids is 1. The fourth-order valence-electron chi connectivity index (χ4n) is 2.24. The third-order valence-corrected chi connectivity index (χ3v) is 3.37. The molecule has 2 rings (SSSR count). The first-order valence-electron chi connectivity index (χ1n) is 6.86. The Balaban J connectivity index is 1.76. The number of rotatable bonds is 7. The number of carbonyl (C=O) groups excluding carboxylic acids is 1. The predicted molar refractivity (Wildman–Crippen MR) is 72.3 cm³/mol. The molecule has 1 aliphatic carbocycles. The number of carbonyl (C=O) groups is 2. The molecule has 1 fully saturated rings. The van der Waals surface area contributed by atoms with Crippen molar-refractivity contribution in [2.45, 2.75) is 44.7 Å². The van der Waals surface area contributed by atoms with Gasteiger partial charge in [-0.15, -0.1) is 0 Å². The number of furan rings is 1. The van der Waals surface area contributed by atoms with E-state index in [1.54, 1.807) is 12.3 Å². The van der Waals surface area contributed by atoms with Gasteiger partial charge < -0.3 is 20.2 Å². The van der Waals surface area contributed by atoms with Gasteiger partial charge in [0.1, 0.15) is 5.76 Å². The van der Waals surface area contributed by atoms with Crippen LogP contribution in [-0.2, 0) is 11.2 Å². The Morgan fingerprint density at radius 1 is 1.45 bits per heavy atom. The van der Waals surface area contributed by atoms with E-state index in [-0.39, 0.29) is 24.5 Å². The van der Waals surface area contributed by atoms with Crippen molar-refractivity contribution in [2.24, 2.45) is 5.92 Å². The third kappa shape index (κ3) is 4.60. The second-order valence-electron chi connectivity index (χ2n) is 5.34. The maximum absolute atomic E-state index is 11.9.